The molecule has 0 aliphatic carbocycles. The molecule has 0 saturated heterocycles. The third kappa shape index (κ3) is 1.67. The lowest BCUT2D eigenvalue weighted by molar-refractivity contribution is -0.619. The smallest absolute Gasteiger partial charge is 0.193 e. The van der Waals surface area contributed by atoms with Crippen LogP contribution in [-0.4, -0.2) is 6.61 Å². The Morgan fingerprint density at radius 1 is 1.33 bits per heavy atom. The molecule has 0 saturated carbocycles. The van der Waals surface area contributed by atoms with Gasteiger partial charge in [0.25, 0.3) is 0 Å². The van der Waals surface area contributed by atoms with Crippen molar-refractivity contribution in [2.45, 2.75) is 20.8 Å². The van der Waals surface area contributed by atoms with Crippen LogP contribution >= 0.6 is 0 Å². The maximum absolute atomic E-state index is 11.2. The molecule has 0 N–H and O–H groups in total. The fourth-order valence-corrected chi connectivity index (χ4v) is 1.10. The zero-order valence-electron chi connectivity index (χ0n) is 7.63. The van der Waals surface area contributed by atoms with E-state index >= 15 is 0 Å². The standard InChI is InChI=1S/C9H13NO2/c1-4-12-9-5-7(2)10(11)8(3)6-9/h5-6H,4H2,1-3H3. The Balaban J connectivity index is 3.04. The predicted octanol–water partition coefficient (Wildman–Crippen LogP) is 1.34. The van der Waals surface area contributed by atoms with Gasteiger partial charge in [0.2, 0.25) is 0 Å². The number of aromatic nitrogens is 1. The van der Waals surface area contributed by atoms with Crippen LogP contribution in [0.15, 0.2) is 12.1 Å². The first kappa shape index (κ1) is 8.84. The Labute approximate surface area is 72.2 Å². The highest BCUT2D eigenvalue weighted by atomic mass is 16.5. The molecule has 1 rings (SSSR count). The lowest BCUT2D eigenvalue weighted by Crippen LogP contribution is -2.33. The quantitative estimate of drug-likeness (QED) is 0.492. The predicted molar refractivity (Wildman–Crippen MR) is 46.0 cm³/mol. The summed E-state index contributed by atoms with van der Waals surface area (Å²) in [6.45, 7) is 6.08. The summed E-state index contributed by atoms with van der Waals surface area (Å²) in [7, 11) is 0. The van der Waals surface area contributed by atoms with E-state index in [-0.39, 0.29) is 0 Å². The van der Waals surface area contributed by atoms with Gasteiger partial charge >= 0.3 is 0 Å². The maximum atomic E-state index is 11.2. The van der Waals surface area contributed by atoms with Crippen LogP contribution in [0.5, 0.6) is 5.75 Å². The highest BCUT2D eigenvalue weighted by molar-refractivity contribution is 5.22. The van der Waals surface area contributed by atoms with Crippen LogP contribution in [0.25, 0.3) is 0 Å². The van der Waals surface area contributed by atoms with Crippen LogP contribution in [-0.2, 0) is 0 Å². The van der Waals surface area contributed by atoms with Gasteiger partial charge in [0.05, 0.1) is 6.61 Å². The van der Waals surface area contributed by atoms with Crippen molar-refractivity contribution in [1.29, 1.82) is 0 Å². The summed E-state index contributed by atoms with van der Waals surface area (Å²) in [5, 5.41) is 11.2. The summed E-state index contributed by atoms with van der Waals surface area (Å²) >= 11 is 0. The third-order valence-corrected chi connectivity index (χ3v) is 1.65. The van der Waals surface area contributed by atoms with Crippen molar-refractivity contribution in [3.63, 3.8) is 0 Å². The normalized spacial score (nSPS) is 9.92. The molecule has 3 heteroatoms. The SMILES string of the molecule is CCOc1cc(C)[n+]([O-])c(C)c1. The molecule has 1 heterocycles. The van der Waals surface area contributed by atoms with E-state index in [1.165, 1.54) is 0 Å². The minimum absolute atomic E-state index is 0.627. The van der Waals surface area contributed by atoms with Crippen molar-refractivity contribution in [2.24, 2.45) is 0 Å². The molecular weight excluding hydrogens is 154 g/mol. The van der Waals surface area contributed by atoms with Gasteiger partial charge in [-0.2, -0.15) is 4.73 Å². The zero-order chi connectivity index (χ0) is 9.14. The Morgan fingerprint density at radius 2 is 1.83 bits per heavy atom. The number of hydrogen-bond donors (Lipinski definition) is 0. The van der Waals surface area contributed by atoms with Crippen LogP contribution in [0, 0.1) is 19.1 Å². The molecule has 0 fully saturated rings. The first-order valence-corrected chi connectivity index (χ1v) is 3.98. The van der Waals surface area contributed by atoms with Crippen molar-refractivity contribution < 1.29 is 9.47 Å². The van der Waals surface area contributed by atoms with Crippen molar-refractivity contribution in [3.8, 4) is 5.75 Å². The number of hydrogen-bond acceptors (Lipinski definition) is 2. The molecule has 3 nitrogen and oxygen atoms in total. The number of pyridine rings is 1. The van der Waals surface area contributed by atoms with E-state index in [1.54, 1.807) is 26.0 Å². The second kappa shape index (κ2) is 3.43. The number of aryl methyl sites for hydroxylation is 2. The molecule has 0 aromatic carbocycles. The summed E-state index contributed by atoms with van der Waals surface area (Å²) in [6, 6.07) is 3.48. The lowest BCUT2D eigenvalue weighted by atomic mass is 10.3. The van der Waals surface area contributed by atoms with Crippen LogP contribution in [0.3, 0.4) is 0 Å². The van der Waals surface area contributed by atoms with E-state index in [0.29, 0.717) is 18.0 Å². The maximum Gasteiger partial charge on any atom is 0.193 e. The first-order chi connectivity index (χ1) is 5.65. The summed E-state index contributed by atoms with van der Waals surface area (Å²) in [5.74, 6) is 0.764. The van der Waals surface area contributed by atoms with Gasteiger partial charge in [-0.05, 0) is 6.92 Å². The molecular formula is C9H13NO2. The highest BCUT2D eigenvalue weighted by Crippen LogP contribution is 2.11. The third-order valence-electron chi connectivity index (χ3n) is 1.65. The monoisotopic (exact) mass is 167 g/mol. The van der Waals surface area contributed by atoms with Gasteiger partial charge in [-0.3, -0.25) is 0 Å². The Bertz CT molecular complexity index is 261. The topological polar surface area (TPSA) is 36.2 Å². The molecule has 12 heavy (non-hydrogen) atoms. The average Bonchev–Trinajstić information content (AvgIpc) is 2.01. The lowest BCUT2D eigenvalue weighted by Gasteiger charge is -2.07. The number of ether oxygens (including phenoxy) is 1. The van der Waals surface area contributed by atoms with Gasteiger partial charge in [0.1, 0.15) is 5.75 Å². The molecule has 1 aromatic heterocycles. The first-order valence-electron chi connectivity index (χ1n) is 3.98. The highest BCUT2D eigenvalue weighted by Gasteiger charge is 2.06. The molecule has 0 bridgehead atoms. The van der Waals surface area contributed by atoms with Crippen molar-refractivity contribution >= 4 is 0 Å². The minimum atomic E-state index is 0.627. The van der Waals surface area contributed by atoms with Crippen LogP contribution in [0.1, 0.15) is 18.3 Å². The van der Waals surface area contributed by atoms with E-state index < -0.39 is 0 Å². The molecule has 0 amide bonds. The summed E-state index contributed by atoms with van der Waals surface area (Å²) in [5.41, 5.74) is 1.33. The Kier molecular flexibility index (Phi) is 2.53. The second-order valence-corrected chi connectivity index (χ2v) is 2.70. The van der Waals surface area contributed by atoms with E-state index in [9.17, 15) is 5.21 Å². The number of rotatable bonds is 2. The largest absolute Gasteiger partial charge is 0.618 e. The zero-order valence-corrected chi connectivity index (χ0v) is 7.63. The van der Waals surface area contributed by atoms with Gasteiger partial charge in [0.15, 0.2) is 11.4 Å². The summed E-state index contributed by atoms with van der Waals surface area (Å²) < 4.78 is 6.16. The van der Waals surface area contributed by atoms with Gasteiger partial charge in [-0.1, -0.05) is 0 Å². The molecule has 66 valence electrons. The molecule has 0 radical (unpaired) electrons. The Morgan fingerprint density at radius 3 is 2.25 bits per heavy atom. The van der Waals surface area contributed by atoms with Crippen LogP contribution in [0.2, 0.25) is 0 Å². The van der Waals surface area contributed by atoms with E-state index in [2.05, 4.69) is 0 Å². The van der Waals surface area contributed by atoms with E-state index in [0.717, 1.165) is 10.5 Å². The fraction of sp³-hybridized carbons (Fsp3) is 0.444. The summed E-state index contributed by atoms with van der Waals surface area (Å²) in [4.78, 5) is 0. The van der Waals surface area contributed by atoms with Gasteiger partial charge < -0.3 is 9.94 Å². The van der Waals surface area contributed by atoms with Gasteiger partial charge in [-0.25, -0.2) is 0 Å². The average molecular weight is 167 g/mol. The van der Waals surface area contributed by atoms with Crippen LogP contribution < -0.4 is 9.47 Å². The number of nitrogens with zero attached hydrogens (tertiary/aromatic N) is 1. The van der Waals surface area contributed by atoms with E-state index in [1.807, 2.05) is 6.92 Å². The van der Waals surface area contributed by atoms with Crippen molar-refractivity contribution in [3.05, 3.63) is 28.7 Å². The van der Waals surface area contributed by atoms with Crippen molar-refractivity contribution in [1.82, 2.24) is 0 Å². The molecule has 0 spiro atoms. The second-order valence-electron chi connectivity index (χ2n) is 2.70. The van der Waals surface area contributed by atoms with Gasteiger partial charge in [-0.15, -0.1) is 0 Å². The summed E-state index contributed by atoms with van der Waals surface area (Å²) in [6.07, 6.45) is 0. The fourth-order valence-electron chi connectivity index (χ4n) is 1.10. The minimum Gasteiger partial charge on any atom is -0.618 e. The van der Waals surface area contributed by atoms with E-state index in [4.69, 9.17) is 4.74 Å². The molecule has 0 aliphatic rings. The Hall–Kier alpha value is -1.25. The molecule has 1 aromatic rings. The molecule has 0 atom stereocenters. The van der Waals surface area contributed by atoms with Crippen LogP contribution in [0.4, 0.5) is 0 Å². The van der Waals surface area contributed by atoms with Crippen molar-refractivity contribution in [2.75, 3.05) is 6.61 Å². The molecule has 0 aliphatic heterocycles. The van der Waals surface area contributed by atoms with Gasteiger partial charge in [0, 0.05) is 26.0 Å². The molecule has 0 unspecified atom stereocenters.